The molecule has 0 atom stereocenters. The highest BCUT2D eigenvalue weighted by molar-refractivity contribution is 7.89. The van der Waals surface area contributed by atoms with E-state index in [-0.39, 0.29) is 16.4 Å². The standard InChI is InChI=1S/C23H29N3O4S/c1-4-26(5-2)31(29,30)19-12-9-11-18(16-19)22(27)24-21-17(3)10-8-13-20(21)23(28)25-14-6-7-15-25/h8-13,16H,4-7,14-15H2,1-3H3,(H,24,27). The number of nitrogens with one attached hydrogen (secondary N) is 1. The molecule has 0 aliphatic carbocycles. The third-order valence-electron chi connectivity index (χ3n) is 5.57. The molecule has 0 aromatic heterocycles. The summed E-state index contributed by atoms with van der Waals surface area (Å²) in [6, 6.07) is 11.3. The molecule has 7 nitrogen and oxygen atoms in total. The number of anilines is 1. The molecule has 31 heavy (non-hydrogen) atoms. The number of hydrogen-bond donors (Lipinski definition) is 1. The maximum atomic E-state index is 13.0. The Morgan fingerprint density at radius 3 is 2.32 bits per heavy atom. The molecule has 0 saturated carbocycles. The number of para-hydroxylation sites is 1. The van der Waals surface area contributed by atoms with Crippen LogP contribution in [0.25, 0.3) is 0 Å². The van der Waals surface area contributed by atoms with E-state index in [2.05, 4.69) is 5.32 Å². The van der Waals surface area contributed by atoms with Gasteiger partial charge in [-0.15, -0.1) is 0 Å². The van der Waals surface area contributed by atoms with Gasteiger partial charge in [-0.25, -0.2) is 8.42 Å². The summed E-state index contributed by atoms with van der Waals surface area (Å²) in [7, 11) is -3.68. The molecule has 2 aromatic carbocycles. The SMILES string of the molecule is CCN(CC)S(=O)(=O)c1cccc(C(=O)Nc2c(C)cccc2C(=O)N2CCCC2)c1. The highest BCUT2D eigenvalue weighted by atomic mass is 32.2. The van der Waals surface area contributed by atoms with Crippen molar-refractivity contribution >= 4 is 27.5 Å². The van der Waals surface area contributed by atoms with Gasteiger partial charge in [0, 0.05) is 31.7 Å². The predicted octanol–water partition coefficient (Wildman–Crippen LogP) is 3.51. The summed E-state index contributed by atoms with van der Waals surface area (Å²) >= 11 is 0. The predicted molar refractivity (Wildman–Crippen MR) is 121 cm³/mol. The number of benzene rings is 2. The van der Waals surface area contributed by atoms with Crippen LogP contribution in [0.3, 0.4) is 0 Å². The average molecular weight is 444 g/mol. The number of aryl methyl sites for hydroxylation is 1. The molecule has 0 unspecified atom stereocenters. The van der Waals surface area contributed by atoms with Crippen LogP contribution >= 0.6 is 0 Å². The zero-order valence-electron chi connectivity index (χ0n) is 18.2. The van der Waals surface area contributed by atoms with Gasteiger partial charge in [0.2, 0.25) is 10.0 Å². The van der Waals surface area contributed by atoms with Crippen LogP contribution in [0.2, 0.25) is 0 Å². The average Bonchev–Trinajstić information content (AvgIpc) is 3.30. The maximum Gasteiger partial charge on any atom is 0.255 e. The number of rotatable bonds is 7. The van der Waals surface area contributed by atoms with Gasteiger partial charge < -0.3 is 10.2 Å². The zero-order valence-corrected chi connectivity index (χ0v) is 19.0. The molecule has 8 heteroatoms. The molecule has 1 aliphatic heterocycles. The van der Waals surface area contributed by atoms with E-state index in [1.165, 1.54) is 16.4 Å². The van der Waals surface area contributed by atoms with E-state index < -0.39 is 15.9 Å². The van der Waals surface area contributed by atoms with Gasteiger partial charge >= 0.3 is 0 Å². The van der Waals surface area contributed by atoms with Gasteiger partial charge in [0.1, 0.15) is 0 Å². The molecule has 3 rings (SSSR count). The molecule has 0 bridgehead atoms. The van der Waals surface area contributed by atoms with Crippen LogP contribution in [0.1, 0.15) is 53.0 Å². The van der Waals surface area contributed by atoms with Crippen LogP contribution in [0.15, 0.2) is 47.4 Å². The molecule has 0 spiro atoms. The van der Waals surface area contributed by atoms with Crippen molar-refractivity contribution in [3.8, 4) is 0 Å². The summed E-state index contributed by atoms with van der Waals surface area (Å²) in [6.45, 7) is 7.50. The molecule has 1 fully saturated rings. The van der Waals surface area contributed by atoms with Crippen LogP contribution in [0.4, 0.5) is 5.69 Å². The molecular formula is C23H29N3O4S. The molecule has 166 valence electrons. The van der Waals surface area contributed by atoms with E-state index >= 15 is 0 Å². The lowest BCUT2D eigenvalue weighted by Gasteiger charge is -2.20. The summed E-state index contributed by atoms with van der Waals surface area (Å²) in [5, 5.41) is 2.84. The second-order valence-corrected chi connectivity index (χ2v) is 9.51. The van der Waals surface area contributed by atoms with Crippen LogP contribution in [-0.4, -0.2) is 55.6 Å². The number of hydrogen-bond acceptors (Lipinski definition) is 4. The van der Waals surface area contributed by atoms with Gasteiger partial charge in [-0.05, 0) is 49.6 Å². The number of nitrogens with zero attached hydrogens (tertiary/aromatic N) is 2. The Bertz CT molecular complexity index is 1070. The van der Waals surface area contributed by atoms with Gasteiger partial charge in [0.05, 0.1) is 16.1 Å². The lowest BCUT2D eigenvalue weighted by atomic mass is 10.1. The number of sulfonamides is 1. The smallest absolute Gasteiger partial charge is 0.255 e. The van der Waals surface area contributed by atoms with Crippen molar-refractivity contribution in [1.82, 2.24) is 9.21 Å². The van der Waals surface area contributed by atoms with Crippen molar-refractivity contribution in [2.45, 2.75) is 38.5 Å². The Kier molecular flexibility index (Phi) is 7.12. The van der Waals surface area contributed by atoms with Crippen molar-refractivity contribution < 1.29 is 18.0 Å². The Labute approximate surface area is 184 Å². The topological polar surface area (TPSA) is 86.8 Å². The summed E-state index contributed by atoms with van der Waals surface area (Å²) in [5.74, 6) is -0.560. The van der Waals surface area contributed by atoms with Crippen LogP contribution in [0, 0.1) is 6.92 Å². The number of amides is 2. The van der Waals surface area contributed by atoms with Gasteiger partial charge in [0.25, 0.3) is 11.8 Å². The number of carbonyl (C=O) groups is 2. The number of likely N-dealkylation sites (tertiary alicyclic amines) is 1. The third kappa shape index (κ3) is 4.80. The van der Waals surface area contributed by atoms with E-state index in [0.717, 1.165) is 18.4 Å². The first-order chi connectivity index (χ1) is 14.8. The largest absolute Gasteiger partial charge is 0.339 e. The molecule has 2 amide bonds. The molecule has 2 aromatic rings. The number of carbonyl (C=O) groups excluding carboxylic acids is 2. The summed E-state index contributed by atoms with van der Waals surface area (Å²) in [5.41, 5.74) is 1.89. The Hall–Kier alpha value is -2.71. The molecule has 1 heterocycles. The Morgan fingerprint density at radius 2 is 1.68 bits per heavy atom. The summed E-state index contributed by atoms with van der Waals surface area (Å²) < 4.78 is 27.0. The van der Waals surface area contributed by atoms with Crippen molar-refractivity contribution in [1.29, 1.82) is 0 Å². The minimum atomic E-state index is -3.68. The minimum absolute atomic E-state index is 0.0713. The van der Waals surface area contributed by atoms with Crippen molar-refractivity contribution in [3.05, 3.63) is 59.2 Å². The molecular weight excluding hydrogens is 414 g/mol. The monoisotopic (exact) mass is 443 g/mol. The normalized spacial score (nSPS) is 14.1. The van der Waals surface area contributed by atoms with Crippen molar-refractivity contribution in [2.75, 3.05) is 31.5 Å². The van der Waals surface area contributed by atoms with Crippen molar-refractivity contribution in [2.24, 2.45) is 0 Å². The first kappa shape index (κ1) is 23.0. The lowest BCUT2D eigenvalue weighted by Crippen LogP contribution is -2.31. The van der Waals surface area contributed by atoms with Gasteiger partial charge in [-0.1, -0.05) is 32.0 Å². The van der Waals surface area contributed by atoms with E-state index in [1.807, 2.05) is 13.0 Å². The van der Waals surface area contributed by atoms with Gasteiger partial charge in [-0.3, -0.25) is 9.59 Å². The fraction of sp³-hybridized carbons (Fsp3) is 0.391. The van der Waals surface area contributed by atoms with E-state index in [9.17, 15) is 18.0 Å². The zero-order chi connectivity index (χ0) is 22.6. The highest BCUT2D eigenvalue weighted by Gasteiger charge is 2.25. The summed E-state index contributed by atoms with van der Waals surface area (Å²) in [6.07, 6.45) is 1.96. The van der Waals surface area contributed by atoms with Gasteiger partial charge in [0.15, 0.2) is 0 Å². The molecule has 0 radical (unpaired) electrons. The van der Waals surface area contributed by atoms with Gasteiger partial charge in [-0.2, -0.15) is 4.31 Å². The van der Waals surface area contributed by atoms with Crippen LogP contribution < -0.4 is 5.32 Å². The molecule has 1 aliphatic rings. The summed E-state index contributed by atoms with van der Waals surface area (Å²) in [4.78, 5) is 27.8. The lowest BCUT2D eigenvalue weighted by molar-refractivity contribution is 0.0793. The molecule has 1 N–H and O–H groups in total. The minimum Gasteiger partial charge on any atom is -0.339 e. The quantitative estimate of drug-likeness (QED) is 0.709. The maximum absolute atomic E-state index is 13.0. The second kappa shape index (κ2) is 9.62. The highest BCUT2D eigenvalue weighted by Crippen LogP contribution is 2.25. The van der Waals surface area contributed by atoms with E-state index in [0.29, 0.717) is 37.4 Å². The van der Waals surface area contributed by atoms with Crippen LogP contribution in [0.5, 0.6) is 0 Å². The Morgan fingerprint density at radius 1 is 1.03 bits per heavy atom. The Balaban J connectivity index is 1.90. The van der Waals surface area contributed by atoms with Crippen molar-refractivity contribution in [3.63, 3.8) is 0 Å². The van der Waals surface area contributed by atoms with Crippen LogP contribution in [-0.2, 0) is 10.0 Å². The third-order valence-corrected chi connectivity index (χ3v) is 7.62. The fourth-order valence-corrected chi connectivity index (χ4v) is 5.30. The molecule has 1 saturated heterocycles. The fourth-order valence-electron chi connectivity index (χ4n) is 3.80. The van der Waals surface area contributed by atoms with E-state index in [1.54, 1.807) is 43.0 Å². The first-order valence-electron chi connectivity index (χ1n) is 10.6. The van der Waals surface area contributed by atoms with E-state index in [4.69, 9.17) is 0 Å². The second-order valence-electron chi connectivity index (χ2n) is 7.57. The first-order valence-corrected chi connectivity index (χ1v) is 12.0.